The van der Waals surface area contributed by atoms with E-state index in [1.165, 1.54) is 6.07 Å². The number of halogens is 1. The van der Waals surface area contributed by atoms with Crippen LogP contribution in [-0.4, -0.2) is 11.6 Å². The first-order valence-electron chi connectivity index (χ1n) is 5.87. The van der Waals surface area contributed by atoms with Crippen LogP contribution in [0, 0.1) is 5.82 Å². The lowest BCUT2D eigenvalue weighted by Gasteiger charge is -2.27. The van der Waals surface area contributed by atoms with Gasteiger partial charge in [0.2, 0.25) is 0 Å². The summed E-state index contributed by atoms with van der Waals surface area (Å²) in [6, 6.07) is 6.19. The number of rotatable bonds is 3. The fourth-order valence-electron chi connectivity index (χ4n) is 1.70. The minimum atomic E-state index is -1.08. The van der Waals surface area contributed by atoms with Gasteiger partial charge in [0.05, 0.1) is 12.0 Å². The summed E-state index contributed by atoms with van der Waals surface area (Å²) in [5.74, 6) is -0.846. The van der Waals surface area contributed by atoms with Crippen LogP contribution < -0.4 is 5.73 Å². The van der Waals surface area contributed by atoms with Crippen LogP contribution in [0.2, 0.25) is 0 Å². The van der Waals surface area contributed by atoms with E-state index in [0.29, 0.717) is 5.56 Å². The summed E-state index contributed by atoms with van der Waals surface area (Å²) in [6.45, 7) is 6.96. The number of hydrogen-bond donors (Lipinski definition) is 1. The molecule has 1 unspecified atom stereocenters. The molecule has 1 rings (SSSR count). The number of carbonyl (C=O) groups is 1. The fraction of sp³-hybridized carbons (Fsp3) is 0.500. The summed E-state index contributed by atoms with van der Waals surface area (Å²) in [5, 5.41) is 0. The first-order chi connectivity index (χ1) is 8.12. The third kappa shape index (κ3) is 4.11. The van der Waals surface area contributed by atoms with Gasteiger partial charge in [-0.15, -0.1) is 0 Å². The molecule has 100 valence electrons. The third-order valence-corrected chi connectivity index (χ3v) is 2.42. The molecule has 0 amide bonds. The van der Waals surface area contributed by atoms with E-state index >= 15 is 0 Å². The first kappa shape index (κ1) is 14.6. The van der Waals surface area contributed by atoms with Crippen molar-refractivity contribution in [3.05, 3.63) is 35.6 Å². The summed E-state index contributed by atoms with van der Waals surface area (Å²) in [7, 11) is 0. The first-order valence-corrected chi connectivity index (χ1v) is 5.87. The smallest absolute Gasteiger partial charge is 0.308 e. The lowest BCUT2D eigenvalue weighted by molar-refractivity contribution is -0.156. The molecule has 0 saturated carbocycles. The Kier molecular flexibility index (Phi) is 4.12. The lowest BCUT2D eigenvalue weighted by Crippen LogP contribution is -2.38. The van der Waals surface area contributed by atoms with Crippen molar-refractivity contribution in [3.63, 3.8) is 0 Å². The average molecular weight is 253 g/mol. The van der Waals surface area contributed by atoms with Gasteiger partial charge in [0.15, 0.2) is 0 Å². The van der Waals surface area contributed by atoms with Crippen molar-refractivity contribution in [2.45, 2.75) is 45.3 Å². The predicted molar refractivity (Wildman–Crippen MR) is 68.4 cm³/mol. The van der Waals surface area contributed by atoms with Crippen molar-refractivity contribution >= 4 is 5.97 Å². The van der Waals surface area contributed by atoms with Gasteiger partial charge in [0, 0.05) is 5.56 Å². The average Bonchev–Trinajstić information content (AvgIpc) is 2.13. The van der Waals surface area contributed by atoms with Gasteiger partial charge in [0.25, 0.3) is 0 Å². The molecule has 0 spiro atoms. The maximum Gasteiger partial charge on any atom is 0.308 e. The largest absolute Gasteiger partial charge is 0.460 e. The molecule has 4 heteroatoms. The van der Waals surface area contributed by atoms with Gasteiger partial charge >= 0.3 is 5.97 Å². The second-order valence-corrected chi connectivity index (χ2v) is 5.66. The zero-order valence-corrected chi connectivity index (χ0v) is 11.3. The molecule has 2 N–H and O–H groups in total. The minimum Gasteiger partial charge on any atom is -0.460 e. The second-order valence-electron chi connectivity index (χ2n) is 5.66. The summed E-state index contributed by atoms with van der Waals surface area (Å²) < 4.78 is 18.8. The zero-order valence-electron chi connectivity index (χ0n) is 11.3. The Bertz CT molecular complexity index is 436. The molecule has 1 aromatic carbocycles. The molecule has 0 radical (unpaired) electrons. The molecule has 0 bridgehead atoms. The molecule has 0 saturated heterocycles. The molecule has 1 atom stereocenters. The van der Waals surface area contributed by atoms with E-state index in [9.17, 15) is 9.18 Å². The van der Waals surface area contributed by atoms with Crippen molar-refractivity contribution in [3.8, 4) is 0 Å². The highest BCUT2D eigenvalue weighted by Gasteiger charge is 2.30. The zero-order chi connectivity index (χ0) is 14.0. The molecule has 1 aromatic rings. The van der Waals surface area contributed by atoms with E-state index in [4.69, 9.17) is 10.5 Å². The van der Waals surface area contributed by atoms with Crippen LogP contribution in [0.4, 0.5) is 4.39 Å². The number of carbonyl (C=O) groups excluding carboxylic acids is 1. The van der Waals surface area contributed by atoms with Gasteiger partial charge in [-0.3, -0.25) is 4.79 Å². The summed E-state index contributed by atoms with van der Waals surface area (Å²) in [4.78, 5) is 11.7. The number of hydrogen-bond acceptors (Lipinski definition) is 3. The standard InChI is InChI=1S/C14H20FNO2/c1-13(2,3)18-12(17)9-14(4,16)10-7-5-6-8-11(10)15/h5-8H,9,16H2,1-4H3. The van der Waals surface area contributed by atoms with Gasteiger partial charge in [-0.05, 0) is 33.8 Å². The van der Waals surface area contributed by atoms with Gasteiger partial charge in [-0.2, -0.15) is 0 Å². The van der Waals surface area contributed by atoms with Crippen LogP contribution in [0.15, 0.2) is 24.3 Å². The summed E-state index contributed by atoms with van der Waals surface area (Å²) in [5.41, 5.74) is 4.69. The van der Waals surface area contributed by atoms with Crippen molar-refractivity contribution in [1.29, 1.82) is 0 Å². The highest BCUT2D eigenvalue weighted by Crippen LogP contribution is 2.25. The molecule has 0 aliphatic carbocycles. The maximum absolute atomic E-state index is 13.6. The van der Waals surface area contributed by atoms with Crippen molar-refractivity contribution in [1.82, 2.24) is 0 Å². The normalized spacial score (nSPS) is 15.0. The number of benzene rings is 1. The molecular formula is C14H20FNO2. The Morgan fingerprint density at radius 1 is 1.28 bits per heavy atom. The highest BCUT2D eigenvalue weighted by atomic mass is 19.1. The second kappa shape index (κ2) is 5.06. The topological polar surface area (TPSA) is 52.3 Å². The summed E-state index contributed by atoms with van der Waals surface area (Å²) in [6.07, 6.45) is -0.0643. The molecule has 0 heterocycles. The van der Waals surface area contributed by atoms with Crippen LogP contribution >= 0.6 is 0 Å². The predicted octanol–water partition coefficient (Wildman–Crippen LogP) is 2.73. The van der Waals surface area contributed by atoms with E-state index in [1.54, 1.807) is 45.9 Å². The molecule has 0 aromatic heterocycles. The van der Waals surface area contributed by atoms with Crippen LogP contribution in [-0.2, 0) is 15.1 Å². The van der Waals surface area contributed by atoms with E-state index in [0.717, 1.165) is 0 Å². The maximum atomic E-state index is 13.6. The molecule has 3 nitrogen and oxygen atoms in total. The molecule has 0 aliphatic heterocycles. The van der Waals surface area contributed by atoms with Crippen molar-refractivity contribution in [2.24, 2.45) is 5.73 Å². The molecule has 0 fully saturated rings. The Morgan fingerprint density at radius 2 is 1.83 bits per heavy atom. The summed E-state index contributed by atoms with van der Waals surface area (Å²) >= 11 is 0. The minimum absolute atomic E-state index is 0.0643. The monoisotopic (exact) mass is 253 g/mol. The lowest BCUT2D eigenvalue weighted by atomic mass is 9.89. The van der Waals surface area contributed by atoms with E-state index in [1.807, 2.05) is 0 Å². The van der Waals surface area contributed by atoms with E-state index in [2.05, 4.69) is 0 Å². The number of esters is 1. The molecular weight excluding hydrogens is 233 g/mol. The fourth-order valence-corrected chi connectivity index (χ4v) is 1.70. The van der Waals surface area contributed by atoms with E-state index < -0.39 is 22.9 Å². The van der Waals surface area contributed by atoms with Crippen LogP contribution in [0.25, 0.3) is 0 Å². The molecule has 0 aliphatic rings. The third-order valence-electron chi connectivity index (χ3n) is 2.42. The number of nitrogens with two attached hydrogens (primary N) is 1. The highest BCUT2D eigenvalue weighted by molar-refractivity contribution is 5.71. The van der Waals surface area contributed by atoms with Crippen LogP contribution in [0.5, 0.6) is 0 Å². The van der Waals surface area contributed by atoms with Crippen molar-refractivity contribution in [2.75, 3.05) is 0 Å². The Balaban J connectivity index is 2.83. The van der Waals surface area contributed by atoms with E-state index in [-0.39, 0.29) is 6.42 Å². The van der Waals surface area contributed by atoms with Crippen LogP contribution in [0.3, 0.4) is 0 Å². The van der Waals surface area contributed by atoms with Gasteiger partial charge < -0.3 is 10.5 Å². The van der Waals surface area contributed by atoms with Gasteiger partial charge in [-0.1, -0.05) is 18.2 Å². The van der Waals surface area contributed by atoms with Crippen LogP contribution in [0.1, 0.15) is 39.7 Å². The Morgan fingerprint density at radius 3 is 2.33 bits per heavy atom. The Hall–Kier alpha value is -1.42. The number of ether oxygens (including phenoxy) is 1. The SMILES string of the molecule is CC(C)(C)OC(=O)CC(C)(N)c1ccccc1F. The quantitative estimate of drug-likeness (QED) is 0.843. The Labute approximate surface area is 107 Å². The molecule has 18 heavy (non-hydrogen) atoms. The van der Waals surface area contributed by atoms with Gasteiger partial charge in [0.1, 0.15) is 11.4 Å². The van der Waals surface area contributed by atoms with Gasteiger partial charge in [-0.25, -0.2) is 4.39 Å². The van der Waals surface area contributed by atoms with Crippen molar-refractivity contribution < 1.29 is 13.9 Å².